The minimum atomic E-state index is -0.308. The minimum absolute atomic E-state index is 0.308. The molecule has 0 bridgehead atoms. The molecule has 4 heteroatoms. The highest BCUT2D eigenvalue weighted by Crippen LogP contribution is 2.20. The van der Waals surface area contributed by atoms with E-state index in [-0.39, 0.29) is 11.6 Å². The van der Waals surface area contributed by atoms with Crippen molar-refractivity contribution in [2.75, 3.05) is 0 Å². The molecule has 0 nitrogen and oxygen atoms in total. The van der Waals surface area contributed by atoms with Crippen LogP contribution in [0.2, 0.25) is 0 Å². The van der Waals surface area contributed by atoms with Gasteiger partial charge in [-0.05, 0) is 23.3 Å². The van der Waals surface area contributed by atoms with Crippen molar-refractivity contribution in [2.45, 2.75) is 0 Å². The van der Waals surface area contributed by atoms with Gasteiger partial charge in [0.15, 0.2) is 0 Å². The number of hydrogen-bond acceptors (Lipinski definition) is 0. The van der Waals surface area contributed by atoms with E-state index >= 15 is 0 Å². The summed E-state index contributed by atoms with van der Waals surface area (Å²) in [6.45, 7) is 0. The SMILES string of the molecule is Fc1cc(-c2ccc(P)c(F)c2)ccc1P. The highest BCUT2D eigenvalue weighted by atomic mass is 31.0. The molecule has 2 rings (SSSR count). The van der Waals surface area contributed by atoms with Gasteiger partial charge in [-0.3, -0.25) is 0 Å². The lowest BCUT2D eigenvalue weighted by Crippen LogP contribution is -1.99. The van der Waals surface area contributed by atoms with Crippen LogP contribution in [0.15, 0.2) is 36.4 Å². The maximum Gasteiger partial charge on any atom is 0.130 e. The van der Waals surface area contributed by atoms with Crippen molar-refractivity contribution in [3.05, 3.63) is 48.0 Å². The highest BCUT2D eigenvalue weighted by Gasteiger charge is 2.04. The van der Waals surface area contributed by atoms with Crippen LogP contribution in [0.4, 0.5) is 8.78 Å². The van der Waals surface area contributed by atoms with E-state index in [2.05, 4.69) is 18.5 Å². The van der Waals surface area contributed by atoms with Crippen molar-refractivity contribution >= 4 is 29.1 Å². The fourth-order valence-electron chi connectivity index (χ4n) is 1.41. The first kappa shape index (κ1) is 11.6. The summed E-state index contributed by atoms with van der Waals surface area (Å²) in [5, 5.41) is 1.01. The topological polar surface area (TPSA) is 0 Å². The van der Waals surface area contributed by atoms with Crippen LogP contribution in [0.1, 0.15) is 0 Å². The molecule has 82 valence electrons. The summed E-state index contributed by atoms with van der Waals surface area (Å²) in [7, 11) is 4.62. The van der Waals surface area contributed by atoms with Gasteiger partial charge in [0, 0.05) is 10.6 Å². The molecule has 0 saturated carbocycles. The van der Waals surface area contributed by atoms with Gasteiger partial charge in [-0.1, -0.05) is 24.3 Å². The molecule has 2 aromatic carbocycles. The van der Waals surface area contributed by atoms with Crippen molar-refractivity contribution in [3.8, 4) is 11.1 Å². The summed E-state index contributed by atoms with van der Waals surface area (Å²) in [5.74, 6) is -0.615. The van der Waals surface area contributed by atoms with Crippen molar-refractivity contribution in [3.63, 3.8) is 0 Å². The monoisotopic (exact) mass is 254 g/mol. The van der Waals surface area contributed by atoms with E-state index < -0.39 is 0 Å². The Morgan fingerprint density at radius 3 is 1.38 bits per heavy atom. The number of rotatable bonds is 1. The van der Waals surface area contributed by atoms with Crippen molar-refractivity contribution < 1.29 is 8.78 Å². The molecule has 0 aliphatic carbocycles. The molecule has 16 heavy (non-hydrogen) atoms. The molecule has 0 spiro atoms. The Kier molecular flexibility index (Phi) is 3.33. The molecule has 0 fully saturated rings. The first-order valence-electron chi connectivity index (χ1n) is 4.68. The Morgan fingerprint density at radius 2 is 1.06 bits per heavy atom. The van der Waals surface area contributed by atoms with Crippen LogP contribution >= 0.6 is 18.5 Å². The van der Waals surface area contributed by atoms with Gasteiger partial charge >= 0.3 is 0 Å². The summed E-state index contributed by atoms with van der Waals surface area (Å²) in [6.07, 6.45) is 0. The van der Waals surface area contributed by atoms with Crippen LogP contribution in [0.25, 0.3) is 11.1 Å². The summed E-state index contributed by atoms with van der Waals surface area (Å²) >= 11 is 0. The van der Waals surface area contributed by atoms with E-state index in [1.807, 2.05) is 0 Å². The molecular formula is C12H10F2P2. The zero-order valence-corrected chi connectivity index (χ0v) is 10.7. The maximum absolute atomic E-state index is 13.3. The van der Waals surface area contributed by atoms with Gasteiger partial charge in [0.2, 0.25) is 0 Å². The molecule has 0 amide bonds. The Morgan fingerprint density at radius 1 is 0.688 bits per heavy atom. The third-order valence-corrected chi connectivity index (χ3v) is 3.27. The second kappa shape index (κ2) is 4.57. The van der Waals surface area contributed by atoms with Gasteiger partial charge in [-0.2, -0.15) is 0 Å². The Labute approximate surface area is 97.5 Å². The van der Waals surface area contributed by atoms with E-state index in [1.54, 1.807) is 24.3 Å². The summed E-state index contributed by atoms with van der Waals surface area (Å²) in [4.78, 5) is 0. The molecule has 0 aliphatic rings. The first-order valence-corrected chi connectivity index (χ1v) is 5.84. The van der Waals surface area contributed by atoms with E-state index in [0.29, 0.717) is 21.7 Å². The van der Waals surface area contributed by atoms with E-state index in [1.165, 1.54) is 12.1 Å². The number of benzene rings is 2. The van der Waals surface area contributed by atoms with Gasteiger partial charge in [0.1, 0.15) is 11.6 Å². The fourth-order valence-corrected chi connectivity index (χ4v) is 1.77. The van der Waals surface area contributed by atoms with Crippen molar-refractivity contribution in [1.29, 1.82) is 0 Å². The van der Waals surface area contributed by atoms with E-state index in [4.69, 9.17) is 0 Å². The molecular weight excluding hydrogens is 244 g/mol. The molecule has 2 unspecified atom stereocenters. The minimum Gasteiger partial charge on any atom is -0.206 e. The quantitative estimate of drug-likeness (QED) is 0.686. The molecule has 0 N–H and O–H groups in total. The molecule has 0 saturated heterocycles. The normalized spacial score (nSPS) is 10.5. The van der Waals surface area contributed by atoms with Crippen LogP contribution in [-0.2, 0) is 0 Å². The molecule has 2 atom stereocenters. The lowest BCUT2D eigenvalue weighted by molar-refractivity contribution is 0.635. The zero-order chi connectivity index (χ0) is 11.7. The summed E-state index contributed by atoms with van der Waals surface area (Å²) in [6, 6.07) is 9.65. The van der Waals surface area contributed by atoms with Gasteiger partial charge in [-0.25, -0.2) is 8.78 Å². The van der Waals surface area contributed by atoms with E-state index in [9.17, 15) is 8.78 Å². The highest BCUT2D eigenvalue weighted by molar-refractivity contribution is 7.27. The lowest BCUT2D eigenvalue weighted by atomic mass is 10.1. The molecule has 2 aromatic rings. The zero-order valence-electron chi connectivity index (χ0n) is 8.37. The van der Waals surface area contributed by atoms with Crippen LogP contribution < -0.4 is 10.6 Å². The molecule has 0 aromatic heterocycles. The Balaban J connectivity index is 2.50. The Bertz CT molecular complexity index is 489. The summed E-state index contributed by atoms with van der Waals surface area (Å²) in [5.41, 5.74) is 1.35. The number of hydrogen-bond donors (Lipinski definition) is 0. The van der Waals surface area contributed by atoms with Gasteiger partial charge in [0.25, 0.3) is 0 Å². The Hall–Kier alpha value is -0.840. The van der Waals surface area contributed by atoms with Crippen LogP contribution in [0, 0.1) is 11.6 Å². The third kappa shape index (κ3) is 2.29. The van der Waals surface area contributed by atoms with Gasteiger partial charge in [-0.15, -0.1) is 18.5 Å². The van der Waals surface area contributed by atoms with Gasteiger partial charge < -0.3 is 0 Å². The average Bonchev–Trinajstić information content (AvgIpc) is 2.26. The average molecular weight is 254 g/mol. The van der Waals surface area contributed by atoms with Crippen molar-refractivity contribution in [1.82, 2.24) is 0 Å². The van der Waals surface area contributed by atoms with Crippen LogP contribution in [0.5, 0.6) is 0 Å². The summed E-state index contributed by atoms with van der Waals surface area (Å²) < 4.78 is 26.7. The first-order chi connectivity index (χ1) is 7.58. The standard InChI is InChI=1S/C12H10F2P2/c13-9-5-7(1-3-11(9)15)8-2-4-12(16)10(14)6-8/h1-6H,15-16H2. The number of halogens is 2. The van der Waals surface area contributed by atoms with Crippen molar-refractivity contribution in [2.24, 2.45) is 0 Å². The van der Waals surface area contributed by atoms with E-state index in [0.717, 1.165) is 0 Å². The predicted octanol–water partition coefficient (Wildman–Crippen LogP) is 2.63. The molecule has 0 radical (unpaired) electrons. The second-order valence-corrected chi connectivity index (χ2v) is 4.72. The fraction of sp³-hybridized carbons (Fsp3) is 0. The molecule has 0 aliphatic heterocycles. The second-order valence-electron chi connectivity index (χ2n) is 3.47. The predicted molar refractivity (Wildman–Crippen MR) is 70.5 cm³/mol. The van der Waals surface area contributed by atoms with Crippen LogP contribution in [0.3, 0.4) is 0 Å². The van der Waals surface area contributed by atoms with Gasteiger partial charge in [0.05, 0.1) is 0 Å². The van der Waals surface area contributed by atoms with Crippen LogP contribution in [-0.4, -0.2) is 0 Å². The third-order valence-electron chi connectivity index (χ3n) is 2.33. The lowest BCUT2D eigenvalue weighted by Gasteiger charge is -2.05. The largest absolute Gasteiger partial charge is 0.206 e. The maximum atomic E-state index is 13.3. The smallest absolute Gasteiger partial charge is 0.130 e. The molecule has 0 heterocycles.